The highest BCUT2D eigenvalue weighted by Gasteiger charge is 2.13. The lowest BCUT2D eigenvalue weighted by atomic mass is 10.1. The Morgan fingerprint density at radius 2 is 1.56 bits per heavy atom. The van der Waals surface area contributed by atoms with E-state index in [-0.39, 0.29) is 17.2 Å². The zero-order chi connectivity index (χ0) is 18.9. The number of anilines is 1. The minimum atomic E-state index is -3.15. The van der Waals surface area contributed by atoms with Gasteiger partial charge in [-0.25, -0.2) is 13.1 Å². The van der Waals surface area contributed by atoms with Gasteiger partial charge in [-0.05, 0) is 64.8 Å². The lowest BCUT2D eigenvalue weighted by Crippen LogP contribution is -2.31. The number of amides is 1. The van der Waals surface area contributed by atoms with Gasteiger partial charge in [0.05, 0.1) is 5.25 Å². The van der Waals surface area contributed by atoms with Crippen LogP contribution in [-0.2, 0) is 10.0 Å². The highest BCUT2D eigenvalue weighted by molar-refractivity contribution is 7.90. The summed E-state index contributed by atoms with van der Waals surface area (Å²) in [6, 6.07) is 7.52. The van der Waals surface area contributed by atoms with Crippen molar-refractivity contribution in [1.29, 1.82) is 0 Å². The van der Waals surface area contributed by atoms with Crippen molar-refractivity contribution in [3.8, 4) is 0 Å². The Morgan fingerprint density at radius 1 is 0.960 bits per heavy atom. The first-order valence-corrected chi connectivity index (χ1v) is 10.4. The average molecular weight is 370 g/mol. The third kappa shape index (κ3) is 8.36. The lowest BCUT2D eigenvalue weighted by Gasteiger charge is -2.10. The third-order valence-electron chi connectivity index (χ3n) is 3.67. The van der Waals surface area contributed by atoms with Gasteiger partial charge in [0.2, 0.25) is 10.0 Å². The number of sulfonamides is 1. The molecule has 0 saturated carbocycles. The molecule has 0 atom stereocenters. The largest absolute Gasteiger partial charge is 0.385 e. The van der Waals surface area contributed by atoms with E-state index < -0.39 is 10.0 Å². The van der Waals surface area contributed by atoms with Crippen LogP contribution in [-0.4, -0.2) is 38.7 Å². The van der Waals surface area contributed by atoms with E-state index in [1.807, 2.05) is 26.0 Å². The molecule has 0 saturated heterocycles. The van der Waals surface area contributed by atoms with Crippen molar-refractivity contribution >= 4 is 21.6 Å². The summed E-state index contributed by atoms with van der Waals surface area (Å²) in [5.74, 6) is -0.0644. The molecular weight excluding hydrogens is 338 g/mol. The maximum absolute atomic E-state index is 11.9. The molecule has 3 N–H and O–H groups in total. The lowest BCUT2D eigenvalue weighted by molar-refractivity contribution is 0.0943. The molecule has 0 radical (unpaired) electrons. The predicted molar refractivity (Wildman–Crippen MR) is 103 cm³/mol. The second-order valence-electron chi connectivity index (χ2n) is 6.68. The van der Waals surface area contributed by atoms with Crippen LogP contribution in [0.4, 0.5) is 5.69 Å². The highest BCUT2D eigenvalue weighted by Crippen LogP contribution is 2.10. The van der Waals surface area contributed by atoms with Crippen LogP contribution in [0.1, 0.15) is 57.3 Å². The van der Waals surface area contributed by atoms with Crippen LogP contribution in [0.3, 0.4) is 0 Å². The van der Waals surface area contributed by atoms with E-state index in [1.54, 1.807) is 26.0 Å². The van der Waals surface area contributed by atoms with Gasteiger partial charge in [0.15, 0.2) is 0 Å². The molecule has 6 nitrogen and oxygen atoms in total. The van der Waals surface area contributed by atoms with Crippen molar-refractivity contribution in [3.05, 3.63) is 29.8 Å². The van der Waals surface area contributed by atoms with Crippen molar-refractivity contribution in [2.75, 3.05) is 18.4 Å². The average Bonchev–Trinajstić information content (AvgIpc) is 2.53. The number of carbonyl (C=O) groups is 1. The number of benzene rings is 1. The molecule has 0 fully saturated rings. The summed E-state index contributed by atoms with van der Waals surface area (Å²) in [4.78, 5) is 11.9. The zero-order valence-electron chi connectivity index (χ0n) is 15.6. The number of rotatable bonds is 11. The molecule has 25 heavy (non-hydrogen) atoms. The Bertz CT molecular complexity index is 625. The first-order valence-electron chi connectivity index (χ1n) is 8.85. The number of nitrogens with one attached hydrogen (secondary N) is 3. The van der Waals surface area contributed by atoms with Crippen LogP contribution in [0.25, 0.3) is 0 Å². The smallest absolute Gasteiger partial charge is 0.251 e. The minimum absolute atomic E-state index is 0.0644. The van der Waals surface area contributed by atoms with E-state index in [0.29, 0.717) is 12.1 Å². The molecule has 0 spiro atoms. The van der Waals surface area contributed by atoms with Gasteiger partial charge >= 0.3 is 0 Å². The molecule has 0 aliphatic carbocycles. The maximum Gasteiger partial charge on any atom is 0.251 e. The number of hydrogen-bond donors (Lipinski definition) is 3. The predicted octanol–water partition coefficient (Wildman–Crippen LogP) is 2.73. The van der Waals surface area contributed by atoms with Gasteiger partial charge in [-0.15, -0.1) is 0 Å². The molecule has 0 aliphatic rings. The van der Waals surface area contributed by atoms with Gasteiger partial charge in [-0.2, -0.15) is 0 Å². The fourth-order valence-electron chi connectivity index (χ4n) is 2.13. The summed E-state index contributed by atoms with van der Waals surface area (Å²) < 4.78 is 25.8. The summed E-state index contributed by atoms with van der Waals surface area (Å²) in [5, 5.41) is 5.78. The second-order valence-corrected chi connectivity index (χ2v) is 9.00. The van der Waals surface area contributed by atoms with Crippen LogP contribution in [0.2, 0.25) is 0 Å². The Hall–Kier alpha value is -1.60. The summed E-state index contributed by atoms with van der Waals surface area (Å²) in [6.07, 6.45) is 2.73. The fourth-order valence-corrected chi connectivity index (χ4v) is 2.89. The SMILES string of the molecule is CC(C)NC(=O)c1ccc(NCCCCCNS(=O)(=O)C(C)C)cc1. The van der Waals surface area contributed by atoms with E-state index in [0.717, 1.165) is 31.5 Å². The van der Waals surface area contributed by atoms with Crippen molar-refractivity contribution in [1.82, 2.24) is 10.0 Å². The molecule has 0 aliphatic heterocycles. The molecule has 142 valence electrons. The van der Waals surface area contributed by atoms with E-state index in [1.165, 1.54) is 0 Å². The molecular formula is C18H31N3O3S. The van der Waals surface area contributed by atoms with Crippen LogP contribution < -0.4 is 15.4 Å². The minimum Gasteiger partial charge on any atom is -0.385 e. The normalized spacial score (nSPS) is 11.8. The summed E-state index contributed by atoms with van der Waals surface area (Å²) in [5.41, 5.74) is 1.62. The summed E-state index contributed by atoms with van der Waals surface area (Å²) in [6.45, 7) is 8.51. The highest BCUT2D eigenvalue weighted by atomic mass is 32.2. The Labute approximate surface area is 151 Å². The third-order valence-corrected chi connectivity index (χ3v) is 5.52. The van der Waals surface area contributed by atoms with Crippen molar-refractivity contribution in [2.24, 2.45) is 0 Å². The Balaban J connectivity index is 2.21. The van der Waals surface area contributed by atoms with Crippen molar-refractivity contribution < 1.29 is 13.2 Å². The topological polar surface area (TPSA) is 87.3 Å². The number of hydrogen-bond acceptors (Lipinski definition) is 4. The van der Waals surface area contributed by atoms with Gasteiger partial charge in [0, 0.05) is 30.4 Å². The zero-order valence-corrected chi connectivity index (χ0v) is 16.4. The van der Waals surface area contributed by atoms with Gasteiger partial charge in [-0.1, -0.05) is 6.42 Å². The summed E-state index contributed by atoms with van der Waals surface area (Å²) in [7, 11) is -3.15. The fraction of sp³-hybridized carbons (Fsp3) is 0.611. The summed E-state index contributed by atoms with van der Waals surface area (Å²) >= 11 is 0. The first kappa shape index (κ1) is 21.4. The molecule has 0 unspecified atom stereocenters. The van der Waals surface area contributed by atoms with Crippen LogP contribution in [0.5, 0.6) is 0 Å². The van der Waals surface area contributed by atoms with Crippen LogP contribution in [0, 0.1) is 0 Å². The van der Waals surface area contributed by atoms with Crippen molar-refractivity contribution in [3.63, 3.8) is 0 Å². The quantitative estimate of drug-likeness (QED) is 0.523. The first-order chi connectivity index (χ1) is 11.7. The van der Waals surface area contributed by atoms with E-state index in [4.69, 9.17) is 0 Å². The molecule has 7 heteroatoms. The molecule has 0 bridgehead atoms. The van der Waals surface area contributed by atoms with E-state index >= 15 is 0 Å². The second kappa shape index (κ2) is 10.4. The van der Waals surface area contributed by atoms with Gasteiger partial charge in [0.25, 0.3) is 5.91 Å². The van der Waals surface area contributed by atoms with Crippen LogP contribution in [0.15, 0.2) is 24.3 Å². The molecule has 1 rings (SSSR count). The van der Waals surface area contributed by atoms with Crippen LogP contribution >= 0.6 is 0 Å². The molecule has 1 aromatic carbocycles. The van der Waals surface area contributed by atoms with Gasteiger partial charge < -0.3 is 10.6 Å². The monoisotopic (exact) mass is 369 g/mol. The Morgan fingerprint density at radius 3 is 2.12 bits per heavy atom. The number of unbranched alkanes of at least 4 members (excludes halogenated alkanes) is 2. The molecule has 0 heterocycles. The van der Waals surface area contributed by atoms with E-state index in [2.05, 4.69) is 15.4 Å². The number of carbonyl (C=O) groups excluding carboxylic acids is 1. The maximum atomic E-state index is 11.9. The molecule has 0 aromatic heterocycles. The standard InChI is InChI=1S/C18H31N3O3S/c1-14(2)21-18(22)16-8-10-17(11-9-16)19-12-6-5-7-13-20-25(23,24)15(3)4/h8-11,14-15,19-20H,5-7,12-13H2,1-4H3,(H,21,22). The Kier molecular flexibility index (Phi) is 8.92. The van der Waals surface area contributed by atoms with Gasteiger partial charge in [0.1, 0.15) is 0 Å². The van der Waals surface area contributed by atoms with E-state index in [9.17, 15) is 13.2 Å². The molecule has 1 aromatic rings. The van der Waals surface area contributed by atoms with Gasteiger partial charge in [-0.3, -0.25) is 4.79 Å². The molecule has 1 amide bonds. The van der Waals surface area contributed by atoms with Crippen molar-refractivity contribution in [2.45, 2.75) is 58.2 Å².